The minimum absolute atomic E-state index is 0.00454. The molecular weight excluding hydrogens is 300 g/mol. The molecule has 2 N–H and O–H groups in total. The van der Waals surface area contributed by atoms with Gasteiger partial charge in [-0.3, -0.25) is 14.7 Å². The molecule has 6 nitrogen and oxygen atoms in total. The second kappa shape index (κ2) is 6.74. The van der Waals surface area contributed by atoms with Gasteiger partial charge in [0.2, 0.25) is 5.91 Å². The Labute approximate surface area is 133 Å². The van der Waals surface area contributed by atoms with Crippen molar-refractivity contribution in [1.82, 2.24) is 15.2 Å². The maximum Gasteiger partial charge on any atom is 0.229 e. The van der Waals surface area contributed by atoms with Crippen molar-refractivity contribution in [2.75, 3.05) is 11.1 Å². The van der Waals surface area contributed by atoms with E-state index in [9.17, 15) is 9.59 Å². The number of aromatic amines is 1. The number of ketones is 1. The predicted octanol–water partition coefficient (Wildman–Crippen LogP) is 2.76. The van der Waals surface area contributed by atoms with Crippen LogP contribution in [0.4, 0.5) is 5.69 Å². The van der Waals surface area contributed by atoms with Crippen molar-refractivity contribution in [2.45, 2.75) is 25.9 Å². The molecular formula is C15H18N4O2S. The molecule has 0 fully saturated rings. The summed E-state index contributed by atoms with van der Waals surface area (Å²) in [4.78, 5) is 27.9. The van der Waals surface area contributed by atoms with Crippen LogP contribution in [0.15, 0.2) is 35.7 Å². The lowest BCUT2D eigenvalue weighted by atomic mass is 9.95. The number of thioether (sulfide) groups is 1. The number of nitrogens with one attached hydrogen (secondary N) is 2. The van der Waals surface area contributed by atoms with Gasteiger partial charge in [-0.15, -0.1) is 0 Å². The van der Waals surface area contributed by atoms with Gasteiger partial charge in [-0.1, -0.05) is 32.5 Å². The summed E-state index contributed by atoms with van der Waals surface area (Å²) in [6, 6.07) is 6.88. The summed E-state index contributed by atoms with van der Waals surface area (Å²) < 4.78 is 0. The van der Waals surface area contributed by atoms with E-state index in [1.807, 2.05) is 20.8 Å². The van der Waals surface area contributed by atoms with Gasteiger partial charge in [0, 0.05) is 16.7 Å². The number of H-pyrrole nitrogens is 1. The summed E-state index contributed by atoms with van der Waals surface area (Å²) in [5, 5.41) is 9.85. The average Bonchev–Trinajstić information content (AvgIpc) is 2.98. The zero-order valence-electron chi connectivity index (χ0n) is 12.7. The van der Waals surface area contributed by atoms with Crippen molar-refractivity contribution in [2.24, 2.45) is 5.41 Å². The van der Waals surface area contributed by atoms with Gasteiger partial charge in [0.05, 0.1) is 5.75 Å². The van der Waals surface area contributed by atoms with Crippen LogP contribution >= 0.6 is 11.8 Å². The molecule has 2 aromatic rings. The molecule has 0 atom stereocenters. The molecule has 1 amide bonds. The minimum Gasteiger partial charge on any atom is -0.326 e. The molecule has 0 unspecified atom stereocenters. The van der Waals surface area contributed by atoms with Crippen LogP contribution in [0.1, 0.15) is 31.1 Å². The molecule has 0 saturated heterocycles. The van der Waals surface area contributed by atoms with E-state index in [0.29, 0.717) is 16.4 Å². The highest BCUT2D eigenvalue weighted by atomic mass is 32.2. The van der Waals surface area contributed by atoms with Gasteiger partial charge in [0.15, 0.2) is 10.9 Å². The van der Waals surface area contributed by atoms with E-state index in [-0.39, 0.29) is 17.4 Å². The summed E-state index contributed by atoms with van der Waals surface area (Å²) >= 11 is 1.30. The number of nitrogens with zero attached hydrogens (tertiary/aromatic N) is 2. The van der Waals surface area contributed by atoms with Crippen LogP contribution < -0.4 is 5.32 Å². The molecule has 1 aromatic carbocycles. The van der Waals surface area contributed by atoms with Crippen molar-refractivity contribution >= 4 is 29.1 Å². The standard InChI is InChI=1S/C15H18N4O2S/c1-15(2,3)13(21)18-11-6-4-10(5-7-11)12(20)8-22-14-16-9-17-19-14/h4-7,9H,8H2,1-3H3,(H,18,21)(H,16,17,19). The molecule has 0 bridgehead atoms. The molecule has 2 rings (SSSR count). The molecule has 7 heteroatoms. The van der Waals surface area contributed by atoms with Crippen LogP contribution in [0.2, 0.25) is 0 Å². The Morgan fingerprint density at radius 3 is 2.45 bits per heavy atom. The maximum atomic E-state index is 12.1. The maximum absolute atomic E-state index is 12.1. The van der Waals surface area contributed by atoms with E-state index in [0.717, 1.165) is 0 Å². The molecule has 22 heavy (non-hydrogen) atoms. The van der Waals surface area contributed by atoms with Crippen molar-refractivity contribution in [3.8, 4) is 0 Å². The fourth-order valence-corrected chi connectivity index (χ4v) is 2.21. The number of amides is 1. The number of hydrogen-bond acceptors (Lipinski definition) is 5. The third-order valence-corrected chi connectivity index (χ3v) is 3.76. The van der Waals surface area contributed by atoms with Crippen molar-refractivity contribution in [1.29, 1.82) is 0 Å². The number of Topliss-reactive ketones (excluding diaryl/α,β-unsaturated/α-hetero) is 1. The van der Waals surface area contributed by atoms with Gasteiger partial charge in [0.25, 0.3) is 0 Å². The number of hydrogen-bond donors (Lipinski definition) is 2. The lowest BCUT2D eigenvalue weighted by Crippen LogP contribution is -2.27. The summed E-state index contributed by atoms with van der Waals surface area (Å²) in [6.45, 7) is 5.54. The molecule has 0 aliphatic carbocycles. The van der Waals surface area contributed by atoms with Crippen LogP contribution in [0.25, 0.3) is 0 Å². The largest absolute Gasteiger partial charge is 0.326 e. The predicted molar refractivity (Wildman–Crippen MR) is 86.0 cm³/mol. The molecule has 0 spiro atoms. The quantitative estimate of drug-likeness (QED) is 0.654. The number of aromatic nitrogens is 3. The fourth-order valence-electron chi connectivity index (χ4n) is 1.54. The van der Waals surface area contributed by atoms with Gasteiger partial charge >= 0.3 is 0 Å². The normalized spacial score (nSPS) is 11.2. The number of carbonyl (C=O) groups is 2. The molecule has 1 heterocycles. The molecule has 1 aromatic heterocycles. The second-order valence-corrected chi connectivity index (χ2v) is 6.75. The highest BCUT2D eigenvalue weighted by Gasteiger charge is 2.21. The smallest absolute Gasteiger partial charge is 0.229 e. The third-order valence-electron chi connectivity index (χ3n) is 2.88. The number of benzene rings is 1. The first-order valence-corrected chi connectivity index (χ1v) is 7.78. The van der Waals surface area contributed by atoms with E-state index in [1.165, 1.54) is 18.1 Å². The first-order chi connectivity index (χ1) is 10.4. The van der Waals surface area contributed by atoms with Crippen LogP contribution in [0.5, 0.6) is 0 Å². The van der Waals surface area contributed by atoms with Gasteiger partial charge < -0.3 is 5.32 Å². The molecule has 116 valence electrons. The first kappa shape index (κ1) is 16.2. The van der Waals surface area contributed by atoms with Crippen molar-refractivity contribution in [3.63, 3.8) is 0 Å². The van der Waals surface area contributed by atoms with Crippen molar-refractivity contribution in [3.05, 3.63) is 36.2 Å². The lowest BCUT2D eigenvalue weighted by molar-refractivity contribution is -0.123. The van der Waals surface area contributed by atoms with Gasteiger partial charge in [0.1, 0.15) is 6.33 Å². The zero-order valence-corrected chi connectivity index (χ0v) is 13.5. The SMILES string of the molecule is CC(C)(C)C(=O)Nc1ccc(C(=O)CSc2ncn[nH]2)cc1. The van der Waals surface area contributed by atoms with Gasteiger partial charge in [-0.2, -0.15) is 5.10 Å². The Bertz CT molecular complexity index is 645. The Balaban J connectivity index is 1.93. The van der Waals surface area contributed by atoms with Gasteiger partial charge in [-0.05, 0) is 24.3 Å². The average molecular weight is 318 g/mol. The Morgan fingerprint density at radius 2 is 1.91 bits per heavy atom. The van der Waals surface area contributed by atoms with E-state index in [1.54, 1.807) is 24.3 Å². The monoisotopic (exact) mass is 318 g/mol. The molecule has 0 radical (unpaired) electrons. The molecule has 0 aliphatic heterocycles. The van der Waals surface area contributed by atoms with E-state index >= 15 is 0 Å². The van der Waals surface area contributed by atoms with Crippen LogP contribution in [-0.4, -0.2) is 32.6 Å². The topological polar surface area (TPSA) is 87.7 Å². The van der Waals surface area contributed by atoms with E-state index in [2.05, 4.69) is 20.5 Å². The number of rotatable bonds is 5. The van der Waals surface area contributed by atoms with E-state index in [4.69, 9.17) is 0 Å². The van der Waals surface area contributed by atoms with E-state index < -0.39 is 5.41 Å². The van der Waals surface area contributed by atoms with Crippen LogP contribution in [0, 0.1) is 5.41 Å². The number of carbonyl (C=O) groups excluding carboxylic acids is 2. The highest BCUT2D eigenvalue weighted by Crippen LogP contribution is 2.19. The summed E-state index contributed by atoms with van der Waals surface area (Å²) in [5.74, 6) is 0.214. The summed E-state index contributed by atoms with van der Waals surface area (Å²) in [6.07, 6.45) is 1.40. The zero-order chi connectivity index (χ0) is 16.2. The molecule has 0 saturated carbocycles. The van der Waals surface area contributed by atoms with Crippen molar-refractivity contribution < 1.29 is 9.59 Å². The molecule has 0 aliphatic rings. The highest BCUT2D eigenvalue weighted by molar-refractivity contribution is 7.99. The summed E-state index contributed by atoms with van der Waals surface area (Å²) in [7, 11) is 0. The van der Waals surface area contributed by atoms with Crippen LogP contribution in [0.3, 0.4) is 0 Å². The lowest BCUT2D eigenvalue weighted by Gasteiger charge is -2.17. The Hall–Kier alpha value is -2.15. The first-order valence-electron chi connectivity index (χ1n) is 6.79. The fraction of sp³-hybridized carbons (Fsp3) is 0.333. The minimum atomic E-state index is -0.456. The summed E-state index contributed by atoms with van der Waals surface area (Å²) in [5.41, 5.74) is 0.822. The third kappa shape index (κ3) is 4.42. The van der Waals surface area contributed by atoms with Gasteiger partial charge in [-0.25, -0.2) is 4.98 Å². The number of anilines is 1. The van der Waals surface area contributed by atoms with Crippen LogP contribution in [-0.2, 0) is 4.79 Å². The second-order valence-electron chi connectivity index (χ2n) is 5.78. The Kier molecular flexibility index (Phi) is 4.97. The Morgan fingerprint density at radius 1 is 1.23 bits per heavy atom.